The van der Waals surface area contributed by atoms with E-state index < -0.39 is 26.9 Å². The zero-order valence-electron chi connectivity index (χ0n) is 13.8. The van der Waals surface area contributed by atoms with Crippen molar-refractivity contribution >= 4 is 49.7 Å². The lowest BCUT2D eigenvalue weighted by atomic mass is 10.1. The van der Waals surface area contributed by atoms with Crippen molar-refractivity contribution in [3.05, 3.63) is 32.9 Å². The highest BCUT2D eigenvalue weighted by atomic mass is 35.5. The summed E-state index contributed by atoms with van der Waals surface area (Å²) in [4.78, 5) is 33.1. The summed E-state index contributed by atoms with van der Waals surface area (Å²) < 4.78 is 28.0. The number of rotatable bonds is 4. The van der Waals surface area contributed by atoms with Gasteiger partial charge >= 0.3 is 5.97 Å². The predicted octanol–water partition coefficient (Wildman–Crippen LogP) is 2.12. The van der Waals surface area contributed by atoms with Gasteiger partial charge in [-0.1, -0.05) is 11.6 Å². The Morgan fingerprint density at radius 1 is 1.35 bits per heavy atom. The van der Waals surface area contributed by atoms with Crippen LogP contribution < -0.4 is 5.32 Å². The van der Waals surface area contributed by atoms with E-state index in [-0.39, 0.29) is 10.7 Å². The molecule has 0 radical (unpaired) electrons. The maximum Gasteiger partial charge on any atom is 0.341 e. The molecule has 2 aromatic heterocycles. The SMILES string of the molecule is COC(=O)c1c(NC(=O)c2nc(S(C)(=O)=O)ncc2Cl)sc2c1CCC2. The summed E-state index contributed by atoms with van der Waals surface area (Å²) in [5.41, 5.74) is 0.918. The van der Waals surface area contributed by atoms with E-state index in [1.165, 1.54) is 18.4 Å². The van der Waals surface area contributed by atoms with Gasteiger partial charge in [0.15, 0.2) is 5.69 Å². The molecule has 1 N–H and O–H groups in total. The van der Waals surface area contributed by atoms with Gasteiger partial charge in [-0.25, -0.2) is 23.2 Å². The number of carbonyl (C=O) groups is 2. The number of nitrogens with one attached hydrogen (secondary N) is 1. The number of aryl methyl sites for hydroxylation is 1. The van der Waals surface area contributed by atoms with Crippen LogP contribution in [-0.4, -0.2) is 43.6 Å². The topological polar surface area (TPSA) is 115 Å². The third kappa shape index (κ3) is 3.44. The molecule has 0 aromatic carbocycles. The quantitative estimate of drug-likeness (QED) is 0.600. The van der Waals surface area contributed by atoms with Crippen molar-refractivity contribution in [1.29, 1.82) is 0 Å². The molecule has 0 fully saturated rings. The number of methoxy groups -OCH3 is 1. The van der Waals surface area contributed by atoms with Crippen LogP contribution in [0.3, 0.4) is 0 Å². The smallest absolute Gasteiger partial charge is 0.341 e. The van der Waals surface area contributed by atoms with Gasteiger partial charge in [0.2, 0.25) is 15.0 Å². The van der Waals surface area contributed by atoms with Gasteiger partial charge in [0.25, 0.3) is 5.91 Å². The van der Waals surface area contributed by atoms with Gasteiger partial charge in [0.1, 0.15) is 5.00 Å². The van der Waals surface area contributed by atoms with Crippen molar-refractivity contribution in [2.24, 2.45) is 0 Å². The number of aromatic nitrogens is 2. The molecule has 1 aliphatic rings. The van der Waals surface area contributed by atoms with E-state index in [0.717, 1.165) is 42.2 Å². The normalized spacial score (nSPS) is 13.3. The summed E-state index contributed by atoms with van der Waals surface area (Å²) in [5, 5.41) is 2.33. The Morgan fingerprint density at radius 3 is 2.73 bits per heavy atom. The lowest BCUT2D eigenvalue weighted by Crippen LogP contribution is -2.18. The lowest BCUT2D eigenvalue weighted by molar-refractivity contribution is 0.0601. The molecule has 0 spiro atoms. The minimum Gasteiger partial charge on any atom is -0.465 e. The number of hydrogen-bond donors (Lipinski definition) is 1. The van der Waals surface area contributed by atoms with Crippen molar-refractivity contribution in [2.45, 2.75) is 24.4 Å². The van der Waals surface area contributed by atoms with Gasteiger partial charge in [0, 0.05) is 11.1 Å². The third-order valence-corrected chi connectivity index (χ3v) is 6.15. The van der Waals surface area contributed by atoms with E-state index >= 15 is 0 Å². The molecular weight excluding hydrogens is 402 g/mol. The van der Waals surface area contributed by atoms with Crippen molar-refractivity contribution in [3.8, 4) is 0 Å². The van der Waals surface area contributed by atoms with Crippen LogP contribution in [0.1, 0.15) is 37.7 Å². The number of ether oxygens (including phenoxy) is 1. The number of amides is 1. The van der Waals surface area contributed by atoms with Gasteiger partial charge in [-0.15, -0.1) is 11.3 Å². The molecule has 0 aliphatic heterocycles. The molecule has 0 bridgehead atoms. The standard InChI is InChI=1S/C15H14ClN3O5S2/c1-24-14(21)10-7-4-3-5-9(7)25-13(10)19-12(20)11-8(16)6-17-15(18-11)26(2,22)23/h6H,3-5H2,1-2H3,(H,19,20). The highest BCUT2D eigenvalue weighted by Gasteiger charge is 2.29. The molecule has 26 heavy (non-hydrogen) atoms. The van der Waals surface area contributed by atoms with Gasteiger partial charge in [-0.2, -0.15) is 0 Å². The Hall–Kier alpha value is -2.04. The van der Waals surface area contributed by atoms with Gasteiger partial charge in [0.05, 0.1) is 23.9 Å². The summed E-state index contributed by atoms with van der Waals surface area (Å²) in [6.45, 7) is 0. The summed E-state index contributed by atoms with van der Waals surface area (Å²) in [6.07, 6.45) is 4.48. The summed E-state index contributed by atoms with van der Waals surface area (Å²) in [6, 6.07) is 0. The number of carbonyl (C=O) groups excluding carboxylic acids is 2. The molecule has 11 heteroatoms. The van der Waals surface area contributed by atoms with Crippen LogP contribution in [0, 0.1) is 0 Å². The van der Waals surface area contributed by atoms with Gasteiger partial charge < -0.3 is 10.1 Å². The Kier molecular flexibility index (Phi) is 5.00. The minimum atomic E-state index is -3.70. The molecule has 2 heterocycles. The van der Waals surface area contributed by atoms with E-state index in [2.05, 4.69) is 15.3 Å². The second kappa shape index (κ2) is 6.93. The lowest BCUT2D eigenvalue weighted by Gasteiger charge is -2.08. The summed E-state index contributed by atoms with van der Waals surface area (Å²) in [7, 11) is -2.43. The zero-order valence-corrected chi connectivity index (χ0v) is 16.2. The maximum atomic E-state index is 12.6. The first kappa shape index (κ1) is 18.7. The van der Waals surface area contributed by atoms with Gasteiger partial charge in [-0.05, 0) is 24.8 Å². The number of hydrogen-bond acceptors (Lipinski definition) is 8. The highest BCUT2D eigenvalue weighted by Crippen LogP contribution is 2.39. The average Bonchev–Trinajstić information content (AvgIpc) is 3.13. The fourth-order valence-corrected chi connectivity index (χ4v) is 4.61. The molecule has 3 rings (SSSR count). The van der Waals surface area contributed by atoms with Crippen LogP contribution in [0.2, 0.25) is 5.02 Å². The second-order valence-electron chi connectivity index (χ2n) is 5.63. The monoisotopic (exact) mass is 415 g/mol. The fraction of sp³-hybridized carbons (Fsp3) is 0.333. The molecule has 0 unspecified atom stereocenters. The second-order valence-corrected chi connectivity index (χ2v) is 9.05. The van der Waals surface area contributed by atoms with Crippen LogP contribution in [0.15, 0.2) is 11.4 Å². The van der Waals surface area contributed by atoms with Crippen LogP contribution in [-0.2, 0) is 27.4 Å². The van der Waals surface area contributed by atoms with Crippen LogP contribution in [0.5, 0.6) is 0 Å². The molecule has 1 aliphatic carbocycles. The Morgan fingerprint density at radius 2 is 2.08 bits per heavy atom. The van der Waals surface area contributed by atoms with Crippen molar-refractivity contribution in [2.75, 3.05) is 18.7 Å². The molecule has 8 nitrogen and oxygen atoms in total. The number of fused-ring (bicyclic) bond motifs is 1. The van der Waals surface area contributed by atoms with Crippen LogP contribution in [0.4, 0.5) is 5.00 Å². The Bertz CT molecular complexity index is 1020. The minimum absolute atomic E-state index is 0.0985. The largest absolute Gasteiger partial charge is 0.465 e. The molecule has 1 amide bonds. The van der Waals surface area contributed by atoms with E-state index in [0.29, 0.717) is 10.6 Å². The predicted molar refractivity (Wildman–Crippen MR) is 95.8 cm³/mol. The first-order chi connectivity index (χ1) is 12.2. The average molecular weight is 416 g/mol. The van der Waals surface area contributed by atoms with Crippen molar-refractivity contribution in [3.63, 3.8) is 0 Å². The van der Waals surface area contributed by atoms with E-state index in [1.54, 1.807) is 0 Å². The third-order valence-electron chi connectivity index (χ3n) is 3.81. The van der Waals surface area contributed by atoms with Crippen LogP contribution in [0.25, 0.3) is 0 Å². The zero-order chi connectivity index (χ0) is 19.1. The van der Waals surface area contributed by atoms with Gasteiger partial charge in [-0.3, -0.25) is 4.79 Å². The Labute approximate surface area is 158 Å². The van der Waals surface area contributed by atoms with Crippen LogP contribution >= 0.6 is 22.9 Å². The van der Waals surface area contributed by atoms with Crippen molar-refractivity contribution < 1.29 is 22.7 Å². The molecule has 0 saturated carbocycles. The number of anilines is 1. The molecular formula is C15H14ClN3O5S2. The Balaban J connectivity index is 1.98. The van der Waals surface area contributed by atoms with E-state index in [4.69, 9.17) is 16.3 Å². The highest BCUT2D eigenvalue weighted by molar-refractivity contribution is 7.90. The fourth-order valence-electron chi connectivity index (χ4n) is 2.66. The van der Waals surface area contributed by atoms with Crippen molar-refractivity contribution in [1.82, 2.24) is 9.97 Å². The molecule has 0 saturated heterocycles. The maximum absolute atomic E-state index is 12.6. The number of sulfone groups is 1. The summed E-state index contributed by atoms with van der Waals surface area (Å²) in [5.74, 6) is -1.27. The molecule has 138 valence electrons. The molecule has 2 aromatic rings. The number of halogens is 1. The first-order valence-corrected chi connectivity index (χ1v) is 10.6. The number of thiophene rings is 1. The molecule has 0 atom stereocenters. The van der Waals surface area contributed by atoms with E-state index in [9.17, 15) is 18.0 Å². The number of esters is 1. The number of nitrogens with zero attached hydrogens (tertiary/aromatic N) is 2. The van der Waals surface area contributed by atoms with E-state index in [1.807, 2.05) is 0 Å². The summed E-state index contributed by atoms with van der Waals surface area (Å²) >= 11 is 7.24. The first-order valence-electron chi connectivity index (χ1n) is 7.49.